The molecule has 0 radical (unpaired) electrons. The predicted molar refractivity (Wildman–Crippen MR) is 137 cm³/mol. The van der Waals surface area contributed by atoms with Crippen molar-refractivity contribution in [3.63, 3.8) is 0 Å². The lowest BCUT2D eigenvalue weighted by atomic mass is 9.97. The minimum atomic E-state index is 0.0691. The zero-order valence-corrected chi connectivity index (χ0v) is 20.9. The summed E-state index contributed by atoms with van der Waals surface area (Å²) in [6, 6.07) is 8.11. The number of para-hydroxylation sites is 1. The lowest BCUT2D eigenvalue weighted by molar-refractivity contribution is -0.116. The number of anilines is 1. The average molecular weight is 483 g/mol. The van der Waals surface area contributed by atoms with Crippen LogP contribution in [0, 0.1) is 0 Å². The van der Waals surface area contributed by atoms with E-state index in [1.807, 2.05) is 41.8 Å². The number of fused-ring (bicyclic) bond motifs is 4. The van der Waals surface area contributed by atoms with E-state index in [-0.39, 0.29) is 17.2 Å². The van der Waals surface area contributed by atoms with Crippen molar-refractivity contribution in [1.82, 2.24) is 14.5 Å². The predicted octanol–water partition coefficient (Wildman–Crippen LogP) is 3.97. The van der Waals surface area contributed by atoms with Crippen molar-refractivity contribution < 1.29 is 4.79 Å². The van der Waals surface area contributed by atoms with E-state index in [0.29, 0.717) is 11.7 Å². The number of nitrogens with zero attached hydrogens (tertiary/aromatic N) is 4. The second kappa shape index (κ2) is 9.60. The molecule has 33 heavy (non-hydrogen) atoms. The highest BCUT2D eigenvalue weighted by Gasteiger charge is 2.26. The fourth-order valence-electron chi connectivity index (χ4n) is 4.87. The van der Waals surface area contributed by atoms with Crippen LogP contribution < -0.4 is 10.5 Å². The van der Waals surface area contributed by atoms with Gasteiger partial charge in [-0.1, -0.05) is 30.0 Å². The molecule has 5 rings (SSSR count). The first-order valence-corrected chi connectivity index (χ1v) is 13.5. The molecule has 174 valence electrons. The number of thioether (sulfide) groups is 1. The Hall–Kier alpha value is -2.16. The molecule has 0 atom stereocenters. The molecular formula is C25H30N4O2S2. The Kier molecular flexibility index (Phi) is 6.58. The van der Waals surface area contributed by atoms with Crippen molar-refractivity contribution in [3.05, 3.63) is 50.6 Å². The molecule has 0 spiro atoms. The van der Waals surface area contributed by atoms with Crippen LogP contribution in [0.25, 0.3) is 10.2 Å². The number of carbonyl (C=O) groups excluding carboxylic acids is 1. The monoisotopic (exact) mass is 482 g/mol. The number of aromatic nitrogens is 2. The summed E-state index contributed by atoms with van der Waals surface area (Å²) in [5.41, 5.74) is 3.53. The van der Waals surface area contributed by atoms with E-state index in [1.54, 1.807) is 11.3 Å². The van der Waals surface area contributed by atoms with Gasteiger partial charge in [0, 0.05) is 23.7 Å². The van der Waals surface area contributed by atoms with Crippen molar-refractivity contribution in [1.29, 1.82) is 0 Å². The molecule has 0 N–H and O–H groups in total. The lowest BCUT2D eigenvalue weighted by Crippen LogP contribution is -2.31. The molecule has 0 bridgehead atoms. The van der Waals surface area contributed by atoms with Crippen LogP contribution in [0.2, 0.25) is 0 Å². The third kappa shape index (κ3) is 4.48. The van der Waals surface area contributed by atoms with Crippen LogP contribution in [0.15, 0.2) is 34.2 Å². The molecule has 0 unspecified atom stereocenters. The molecule has 8 heteroatoms. The third-order valence-electron chi connectivity index (χ3n) is 6.54. The smallest absolute Gasteiger partial charge is 0.263 e. The van der Waals surface area contributed by atoms with Crippen LogP contribution >= 0.6 is 23.1 Å². The van der Waals surface area contributed by atoms with E-state index >= 15 is 0 Å². The second-order valence-electron chi connectivity index (χ2n) is 9.11. The standard InChI is InChI=1S/C25H30N4O2S2/c1-27(2)13-7-14-29-24(31)22-18-9-4-6-11-20(18)33-23(22)26-25(29)32-16-21(30)28-15-12-17-8-3-5-10-19(17)28/h3,5,8,10H,4,6-7,9,11-16H2,1-2H3. The Morgan fingerprint density at radius 2 is 2.00 bits per heavy atom. The highest BCUT2D eigenvalue weighted by atomic mass is 32.2. The van der Waals surface area contributed by atoms with Gasteiger partial charge in [0.15, 0.2) is 5.16 Å². The number of aryl methyl sites for hydroxylation is 2. The maximum Gasteiger partial charge on any atom is 0.263 e. The van der Waals surface area contributed by atoms with Crippen LogP contribution in [0.4, 0.5) is 5.69 Å². The summed E-state index contributed by atoms with van der Waals surface area (Å²) in [6.45, 7) is 2.24. The van der Waals surface area contributed by atoms with E-state index < -0.39 is 0 Å². The lowest BCUT2D eigenvalue weighted by Gasteiger charge is -2.18. The SMILES string of the molecule is CN(C)CCCn1c(SCC(=O)N2CCc3ccccc32)nc2sc3c(c2c1=O)CCCC3. The van der Waals surface area contributed by atoms with Crippen molar-refractivity contribution in [2.45, 2.75) is 50.2 Å². The van der Waals surface area contributed by atoms with Crippen LogP contribution in [0.5, 0.6) is 0 Å². The average Bonchev–Trinajstić information content (AvgIpc) is 3.40. The Balaban J connectivity index is 1.43. The van der Waals surface area contributed by atoms with Gasteiger partial charge in [-0.15, -0.1) is 11.3 Å². The van der Waals surface area contributed by atoms with Crippen LogP contribution in [-0.4, -0.2) is 53.3 Å². The molecule has 3 aromatic rings. The largest absolute Gasteiger partial charge is 0.311 e. The number of benzene rings is 1. The van der Waals surface area contributed by atoms with E-state index in [4.69, 9.17) is 4.98 Å². The van der Waals surface area contributed by atoms with Gasteiger partial charge in [0.2, 0.25) is 5.91 Å². The first kappa shape index (κ1) is 22.6. The first-order valence-electron chi connectivity index (χ1n) is 11.7. The molecule has 2 aromatic heterocycles. The zero-order chi connectivity index (χ0) is 22.9. The molecule has 1 amide bonds. The van der Waals surface area contributed by atoms with E-state index in [0.717, 1.165) is 61.1 Å². The van der Waals surface area contributed by atoms with Gasteiger partial charge in [-0.05, 0) is 76.4 Å². The van der Waals surface area contributed by atoms with Gasteiger partial charge in [0.1, 0.15) is 4.83 Å². The van der Waals surface area contributed by atoms with Crippen molar-refractivity contribution in [3.8, 4) is 0 Å². The molecule has 1 aliphatic heterocycles. The van der Waals surface area contributed by atoms with E-state index in [2.05, 4.69) is 11.0 Å². The van der Waals surface area contributed by atoms with Crippen LogP contribution in [-0.2, 0) is 30.6 Å². The highest BCUT2D eigenvalue weighted by Crippen LogP contribution is 2.35. The number of hydrogen-bond acceptors (Lipinski definition) is 6. The second-order valence-corrected chi connectivity index (χ2v) is 11.1. The highest BCUT2D eigenvalue weighted by molar-refractivity contribution is 7.99. The minimum absolute atomic E-state index is 0.0691. The number of rotatable bonds is 7. The maximum atomic E-state index is 13.6. The molecule has 0 saturated heterocycles. The summed E-state index contributed by atoms with van der Waals surface area (Å²) in [7, 11) is 4.09. The van der Waals surface area contributed by atoms with Gasteiger partial charge in [0.25, 0.3) is 5.56 Å². The van der Waals surface area contributed by atoms with Crippen LogP contribution in [0.1, 0.15) is 35.3 Å². The Morgan fingerprint density at radius 1 is 1.18 bits per heavy atom. The third-order valence-corrected chi connectivity index (χ3v) is 8.69. The number of thiophene rings is 1. The van der Waals surface area contributed by atoms with Gasteiger partial charge < -0.3 is 9.80 Å². The topological polar surface area (TPSA) is 58.4 Å². The summed E-state index contributed by atoms with van der Waals surface area (Å²) in [4.78, 5) is 37.8. The van der Waals surface area contributed by atoms with Gasteiger partial charge in [-0.2, -0.15) is 0 Å². The fourth-order valence-corrected chi connectivity index (χ4v) is 7.08. The Morgan fingerprint density at radius 3 is 2.85 bits per heavy atom. The van der Waals surface area contributed by atoms with Crippen molar-refractivity contribution in [2.75, 3.05) is 37.8 Å². The molecule has 6 nitrogen and oxygen atoms in total. The Labute approximate surface area is 202 Å². The zero-order valence-electron chi connectivity index (χ0n) is 19.3. The van der Waals surface area contributed by atoms with Crippen molar-refractivity contribution in [2.24, 2.45) is 0 Å². The summed E-state index contributed by atoms with van der Waals surface area (Å²) >= 11 is 3.08. The molecule has 0 fully saturated rings. The summed E-state index contributed by atoms with van der Waals surface area (Å²) in [5.74, 6) is 0.357. The fraction of sp³-hybridized carbons (Fsp3) is 0.480. The van der Waals surface area contributed by atoms with Gasteiger partial charge >= 0.3 is 0 Å². The van der Waals surface area contributed by atoms with Crippen LogP contribution in [0.3, 0.4) is 0 Å². The van der Waals surface area contributed by atoms with Gasteiger partial charge in [0.05, 0.1) is 11.1 Å². The summed E-state index contributed by atoms with van der Waals surface area (Å²) < 4.78 is 1.82. The number of carbonyl (C=O) groups is 1. The Bertz CT molecular complexity index is 1250. The minimum Gasteiger partial charge on any atom is -0.311 e. The van der Waals surface area contributed by atoms with E-state index in [9.17, 15) is 9.59 Å². The molecule has 1 aromatic carbocycles. The molecule has 2 aliphatic rings. The maximum absolute atomic E-state index is 13.6. The number of hydrogen-bond donors (Lipinski definition) is 0. The normalized spacial score (nSPS) is 15.3. The molecule has 0 saturated carbocycles. The number of amides is 1. The molecule has 3 heterocycles. The first-order chi connectivity index (χ1) is 16.0. The van der Waals surface area contributed by atoms with Gasteiger partial charge in [-0.3, -0.25) is 14.2 Å². The van der Waals surface area contributed by atoms with Crippen molar-refractivity contribution >= 4 is 44.9 Å². The molecular weight excluding hydrogens is 452 g/mol. The molecule has 1 aliphatic carbocycles. The quantitative estimate of drug-likeness (QED) is 0.377. The summed E-state index contributed by atoms with van der Waals surface area (Å²) in [6.07, 6.45) is 6.11. The van der Waals surface area contributed by atoms with E-state index in [1.165, 1.54) is 34.2 Å². The van der Waals surface area contributed by atoms with Gasteiger partial charge in [-0.25, -0.2) is 4.98 Å². The summed E-state index contributed by atoms with van der Waals surface area (Å²) in [5, 5.41) is 1.49.